The molecule has 7 nitrogen and oxygen atoms in total. The van der Waals surface area contributed by atoms with Crippen LogP contribution in [0.4, 0.5) is 5.82 Å². The average molecular weight is 267 g/mol. The first kappa shape index (κ1) is 12.2. The number of hydrogen-bond donors (Lipinski definition) is 1. The number of anilines is 1. The second-order valence-electron chi connectivity index (χ2n) is 4.21. The van der Waals surface area contributed by atoms with Crippen molar-refractivity contribution in [1.82, 2.24) is 29.7 Å². The fraction of sp³-hybridized carbons (Fsp3) is 0.154. The van der Waals surface area contributed by atoms with Crippen LogP contribution >= 0.6 is 0 Å². The Morgan fingerprint density at radius 1 is 1.10 bits per heavy atom. The van der Waals surface area contributed by atoms with Crippen LogP contribution in [0.5, 0.6) is 0 Å². The van der Waals surface area contributed by atoms with E-state index in [0.717, 1.165) is 17.1 Å². The standard InChI is InChI=1S/C13H13N7/c1-14-12-5-10(9-6-17-20(2)8-9)18-13(19-12)11-7-15-3-4-16-11/h3-8H,1-2H3,(H,14,18,19). The van der Waals surface area contributed by atoms with E-state index in [9.17, 15) is 0 Å². The molecule has 0 spiro atoms. The molecule has 100 valence electrons. The van der Waals surface area contributed by atoms with Crippen molar-refractivity contribution in [2.75, 3.05) is 12.4 Å². The molecule has 0 atom stereocenters. The molecule has 0 aromatic carbocycles. The largest absolute Gasteiger partial charge is 0.373 e. The number of hydrogen-bond acceptors (Lipinski definition) is 6. The zero-order chi connectivity index (χ0) is 13.9. The molecule has 3 rings (SSSR count). The zero-order valence-corrected chi connectivity index (χ0v) is 11.1. The van der Waals surface area contributed by atoms with Gasteiger partial charge in [-0.25, -0.2) is 15.0 Å². The van der Waals surface area contributed by atoms with Gasteiger partial charge in [-0.15, -0.1) is 0 Å². The Balaban J connectivity index is 2.12. The normalized spacial score (nSPS) is 10.5. The van der Waals surface area contributed by atoms with Crippen LogP contribution in [0.3, 0.4) is 0 Å². The van der Waals surface area contributed by atoms with Crippen molar-refractivity contribution >= 4 is 5.82 Å². The minimum absolute atomic E-state index is 0.531. The lowest BCUT2D eigenvalue weighted by atomic mass is 10.2. The van der Waals surface area contributed by atoms with E-state index in [1.54, 1.807) is 29.5 Å². The molecule has 0 saturated heterocycles. The first-order valence-electron chi connectivity index (χ1n) is 6.08. The van der Waals surface area contributed by atoms with Crippen LogP contribution in [-0.2, 0) is 7.05 Å². The SMILES string of the molecule is CNc1cc(-c2cnn(C)c2)nc(-c2cnccn2)n1. The summed E-state index contributed by atoms with van der Waals surface area (Å²) in [5.74, 6) is 1.25. The molecule has 0 fully saturated rings. The van der Waals surface area contributed by atoms with Crippen LogP contribution < -0.4 is 5.32 Å². The Morgan fingerprint density at radius 2 is 2.00 bits per heavy atom. The van der Waals surface area contributed by atoms with Gasteiger partial charge in [0.2, 0.25) is 0 Å². The third kappa shape index (κ3) is 2.33. The molecule has 0 aliphatic carbocycles. The number of rotatable bonds is 3. The average Bonchev–Trinajstić information content (AvgIpc) is 2.94. The van der Waals surface area contributed by atoms with Crippen LogP contribution in [0.2, 0.25) is 0 Å². The highest BCUT2D eigenvalue weighted by Gasteiger charge is 2.10. The van der Waals surface area contributed by atoms with Crippen LogP contribution in [0, 0.1) is 0 Å². The van der Waals surface area contributed by atoms with Gasteiger partial charge in [0.25, 0.3) is 0 Å². The summed E-state index contributed by atoms with van der Waals surface area (Å²) in [6.07, 6.45) is 8.55. The Bertz CT molecular complexity index is 721. The smallest absolute Gasteiger partial charge is 0.182 e. The van der Waals surface area contributed by atoms with Crippen molar-refractivity contribution in [3.63, 3.8) is 0 Å². The third-order valence-corrected chi connectivity index (χ3v) is 2.78. The minimum atomic E-state index is 0.531. The third-order valence-electron chi connectivity index (χ3n) is 2.78. The molecule has 1 N–H and O–H groups in total. The maximum absolute atomic E-state index is 4.53. The number of nitrogens with one attached hydrogen (secondary N) is 1. The van der Waals surface area contributed by atoms with Gasteiger partial charge >= 0.3 is 0 Å². The predicted molar refractivity (Wildman–Crippen MR) is 74.8 cm³/mol. The minimum Gasteiger partial charge on any atom is -0.373 e. The fourth-order valence-electron chi connectivity index (χ4n) is 1.81. The molecule has 0 radical (unpaired) electrons. The van der Waals surface area contributed by atoms with E-state index < -0.39 is 0 Å². The van der Waals surface area contributed by atoms with Gasteiger partial charge in [-0.3, -0.25) is 9.67 Å². The molecule has 3 aromatic rings. The molecular weight excluding hydrogens is 254 g/mol. The van der Waals surface area contributed by atoms with Crippen molar-refractivity contribution in [1.29, 1.82) is 0 Å². The summed E-state index contributed by atoms with van der Waals surface area (Å²) in [6, 6.07) is 1.87. The molecule has 0 amide bonds. The molecule has 0 unspecified atom stereocenters. The van der Waals surface area contributed by atoms with Gasteiger partial charge in [-0.1, -0.05) is 0 Å². The highest BCUT2D eigenvalue weighted by molar-refractivity contribution is 5.64. The number of aromatic nitrogens is 6. The number of nitrogens with zero attached hydrogens (tertiary/aromatic N) is 6. The van der Waals surface area contributed by atoms with E-state index >= 15 is 0 Å². The van der Waals surface area contributed by atoms with Gasteiger partial charge in [0.1, 0.15) is 11.5 Å². The Hall–Kier alpha value is -2.83. The Kier molecular flexibility index (Phi) is 3.08. The van der Waals surface area contributed by atoms with Crippen LogP contribution in [-0.4, -0.2) is 36.8 Å². The lowest BCUT2D eigenvalue weighted by Crippen LogP contribution is -1.99. The fourth-order valence-corrected chi connectivity index (χ4v) is 1.81. The molecule has 3 aromatic heterocycles. The molecule has 7 heteroatoms. The van der Waals surface area contributed by atoms with Crippen molar-refractivity contribution in [2.24, 2.45) is 7.05 Å². The molecule has 3 heterocycles. The van der Waals surface area contributed by atoms with Crippen molar-refractivity contribution in [3.05, 3.63) is 37.1 Å². The first-order chi connectivity index (χ1) is 9.76. The van der Waals surface area contributed by atoms with E-state index in [-0.39, 0.29) is 0 Å². The van der Waals surface area contributed by atoms with Crippen LogP contribution in [0.25, 0.3) is 22.8 Å². The molecule has 20 heavy (non-hydrogen) atoms. The molecular formula is C13H13N7. The van der Waals surface area contributed by atoms with E-state index in [1.807, 2.05) is 26.4 Å². The van der Waals surface area contributed by atoms with Gasteiger partial charge < -0.3 is 5.32 Å². The summed E-state index contributed by atoms with van der Waals surface area (Å²) in [7, 11) is 3.68. The molecule has 0 aliphatic heterocycles. The van der Waals surface area contributed by atoms with Crippen LogP contribution in [0.15, 0.2) is 37.1 Å². The van der Waals surface area contributed by atoms with E-state index in [2.05, 4.69) is 30.4 Å². The lowest BCUT2D eigenvalue weighted by molar-refractivity contribution is 0.768. The zero-order valence-electron chi connectivity index (χ0n) is 11.1. The summed E-state index contributed by atoms with van der Waals surface area (Å²) >= 11 is 0. The van der Waals surface area contributed by atoms with Gasteiger partial charge in [-0.2, -0.15) is 5.10 Å². The highest BCUT2D eigenvalue weighted by Crippen LogP contribution is 2.22. The summed E-state index contributed by atoms with van der Waals surface area (Å²) in [5, 5.41) is 7.19. The molecule has 0 bridgehead atoms. The van der Waals surface area contributed by atoms with Crippen LogP contribution in [0.1, 0.15) is 0 Å². The topological polar surface area (TPSA) is 81.4 Å². The summed E-state index contributed by atoms with van der Waals surface area (Å²) in [4.78, 5) is 17.2. The summed E-state index contributed by atoms with van der Waals surface area (Å²) < 4.78 is 1.73. The quantitative estimate of drug-likeness (QED) is 0.772. The van der Waals surface area contributed by atoms with Gasteiger partial charge in [0.15, 0.2) is 5.82 Å². The van der Waals surface area contributed by atoms with Gasteiger partial charge in [0.05, 0.1) is 18.1 Å². The molecule has 0 saturated carbocycles. The first-order valence-corrected chi connectivity index (χ1v) is 6.08. The second kappa shape index (κ2) is 5.04. The van der Waals surface area contributed by atoms with E-state index in [0.29, 0.717) is 11.5 Å². The van der Waals surface area contributed by atoms with Crippen molar-refractivity contribution in [3.8, 4) is 22.8 Å². The summed E-state index contributed by atoms with van der Waals surface area (Å²) in [5.41, 5.74) is 2.35. The van der Waals surface area contributed by atoms with Gasteiger partial charge in [0, 0.05) is 44.3 Å². The highest BCUT2D eigenvalue weighted by atomic mass is 15.2. The van der Waals surface area contributed by atoms with E-state index in [4.69, 9.17) is 0 Å². The Labute approximate surface area is 115 Å². The Morgan fingerprint density at radius 3 is 2.65 bits per heavy atom. The lowest BCUT2D eigenvalue weighted by Gasteiger charge is -2.06. The van der Waals surface area contributed by atoms with Gasteiger partial charge in [-0.05, 0) is 0 Å². The molecule has 0 aliphatic rings. The van der Waals surface area contributed by atoms with E-state index in [1.165, 1.54) is 0 Å². The number of aryl methyl sites for hydroxylation is 1. The maximum Gasteiger partial charge on any atom is 0.182 e. The monoisotopic (exact) mass is 267 g/mol. The van der Waals surface area contributed by atoms with Crippen molar-refractivity contribution < 1.29 is 0 Å². The second-order valence-corrected chi connectivity index (χ2v) is 4.21. The summed E-state index contributed by atoms with van der Waals surface area (Å²) in [6.45, 7) is 0. The van der Waals surface area contributed by atoms with Crippen molar-refractivity contribution in [2.45, 2.75) is 0 Å². The predicted octanol–water partition coefficient (Wildman–Crippen LogP) is 1.38. The maximum atomic E-state index is 4.53.